The van der Waals surface area contributed by atoms with E-state index in [9.17, 15) is 9.59 Å². The van der Waals surface area contributed by atoms with E-state index in [0.29, 0.717) is 5.69 Å². The quantitative estimate of drug-likeness (QED) is 0.619. The Hall–Kier alpha value is -2.47. The van der Waals surface area contributed by atoms with Gasteiger partial charge in [0.25, 0.3) is 0 Å². The minimum absolute atomic E-state index is 0.250. The van der Waals surface area contributed by atoms with Crippen LogP contribution in [-0.2, 0) is 23.8 Å². The molecule has 22 heavy (non-hydrogen) atoms. The minimum atomic E-state index is -0.705. The molecule has 2 aromatic rings. The lowest BCUT2D eigenvalue weighted by atomic mass is 10.1. The highest BCUT2D eigenvalue weighted by atomic mass is 16.6. The Morgan fingerprint density at radius 3 is 2.82 bits per heavy atom. The molecule has 1 aromatic heterocycles. The fourth-order valence-electron chi connectivity index (χ4n) is 2.17. The molecule has 1 aliphatic rings. The molecular weight excluding hydrogens is 286 g/mol. The number of carbonyl (C=O) groups is 2. The Morgan fingerprint density at radius 1 is 1.18 bits per heavy atom. The Morgan fingerprint density at radius 2 is 2.00 bits per heavy atom. The van der Waals surface area contributed by atoms with Crippen LogP contribution in [0.25, 0.3) is 10.9 Å². The molecule has 0 unspecified atom stereocenters. The summed E-state index contributed by atoms with van der Waals surface area (Å²) in [5, 5.41) is 1.02. The third-order valence-electron chi connectivity index (χ3n) is 3.27. The van der Waals surface area contributed by atoms with Crippen LogP contribution in [0.1, 0.15) is 18.7 Å². The highest BCUT2D eigenvalue weighted by Gasteiger charge is 2.48. The van der Waals surface area contributed by atoms with Crippen LogP contribution in [0.5, 0.6) is 0 Å². The zero-order valence-corrected chi connectivity index (χ0v) is 12.0. The zero-order chi connectivity index (χ0) is 15.5. The molecule has 0 amide bonds. The topological polar surface area (TPSA) is 78.0 Å². The largest absolute Gasteiger partial charge is 0.463 e. The summed E-state index contributed by atoms with van der Waals surface area (Å²) in [7, 11) is 0. The summed E-state index contributed by atoms with van der Waals surface area (Å²) in [6.07, 6.45) is -1.12. The molecule has 0 bridgehead atoms. The summed E-state index contributed by atoms with van der Waals surface area (Å²) in [6.45, 7) is 1.54. The molecule has 1 fully saturated rings. The third-order valence-corrected chi connectivity index (χ3v) is 3.27. The lowest BCUT2D eigenvalue weighted by Crippen LogP contribution is -2.19. The molecule has 2 atom stereocenters. The van der Waals surface area contributed by atoms with Crippen LogP contribution < -0.4 is 0 Å². The summed E-state index contributed by atoms with van der Waals surface area (Å²) < 4.78 is 14.9. The van der Waals surface area contributed by atoms with Crippen molar-refractivity contribution in [3.63, 3.8) is 0 Å². The van der Waals surface area contributed by atoms with Crippen molar-refractivity contribution < 1.29 is 23.8 Å². The van der Waals surface area contributed by atoms with Crippen molar-refractivity contribution in [1.82, 2.24) is 4.98 Å². The number of benzene rings is 1. The number of fused-ring (bicyclic) bond motifs is 1. The minimum Gasteiger partial charge on any atom is -0.463 e. The molecule has 0 N–H and O–H groups in total. The first-order valence-corrected chi connectivity index (χ1v) is 7.02. The van der Waals surface area contributed by atoms with Gasteiger partial charge in [-0.3, -0.25) is 0 Å². The third kappa shape index (κ3) is 3.07. The molecule has 0 radical (unpaired) electrons. The van der Waals surface area contributed by atoms with Crippen molar-refractivity contribution >= 4 is 22.8 Å². The van der Waals surface area contributed by atoms with Crippen LogP contribution in [0, 0.1) is 0 Å². The molecular formula is C16H15NO5. The predicted octanol–water partition coefficient (Wildman–Crippen LogP) is 1.78. The Labute approximate surface area is 127 Å². The number of rotatable bonds is 5. The normalized spacial score (nSPS) is 19.7. The second-order valence-corrected chi connectivity index (χ2v) is 4.82. The standard InChI is InChI=1S/C16H15NO5/c1-2-20-13(18)9-21-16(19)15-14(22-15)12-8-7-10-5-3-4-6-11(10)17-12/h3-8,14-15H,2,9H2,1H3/t14-,15-/m0/s1. The molecule has 0 spiro atoms. The number of epoxide rings is 1. The van der Waals surface area contributed by atoms with Gasteiger partial charge in [-0.25, -0.2) is 14.6 Å². The number of hydrogen-bond donors (Lipinski definition) is 0. The number of hydrogen-bond acceptors (Lipinski definition) is 6. The fraction of sp³-hybridized carbons (Fsp3) is 0.312. The van der Waals surface area contributed by atoms with Crippen LogP contribution in [0.15, 0.2) is 36.4 Å². The second-order valence-electron chi connectivity index (χ2n) is 4.82. The molecule has 114 valence electrons. The summed E-state index contributed by atoms with van der Waals surface area (Å²) in [5.41, 5.74) is 1.52. The van der Waals surface area contributed by atoms with E-state index in [-0.39, 0.29) is 6.61 Å². The number of pyridine rings is 1. The first kappa shape index (κ1) is 14.5. The Kier molecular flexibility index (Phi) is 4.02. The van der Waals surface area contributed by atoms with Crippen molar-refractivity contribution in [3.8, 4) is 0 Å². The monoisotopic (exact) mass is 301 g/mol. The van der Waals surface area contributed by atoms with Crippen molar-refractivity contribution in [2.45, 2.75) is 19.1 Å². The maximum absolute atomic E-state index is 11.8. The number of para-hydroxylation sites is 1. The van der Waals surface area contributed by atoms with E-state index in [2.05, 4.69) is 9.72 Å². The van der Waals surface area contributed by atoms with Gasteiger partial charge in [0.15, 0.2) is 12.7 Å². The lowest BCUT2D eigenvalue weighted by Gasteiger charge is -2.02. The SMILES string of the molecule is CCOC(=O)COC(=O)[C@H]1O[C@H]1c1ccc2ccccc2n1. The molecule has 0 saturated carbocycles. The van der Waals surface area contributed by atoms with Crippen LogP contribution in [0.2, 0.25) is 0 Å². The van der Waals surface area contributed by atoms with E-state index in [4.69, 9.17) is 9.47 Å². The summed E-state index contributed by atoms with van der Waals surface area (Å²) in [5.74, 6) is -1.15. The van der Waals surface area contributed by atoms with Crippen molar-refractivity contribution in [1.29, 1.82) is 0 Å². The number of ether oxygens (including phenoxy) is 3. The van der Waals surface area contributed by atoms with Gasteiger partial charge >= 0.3 is 11.9 Å². The van der Waals surface area contributed by atoms with Crippen molar-refractivity contribution in [2.75, 3.05) is 13.2 Å². The van der Waals surface area contributed by atoms with Gasteiger partial charge in [-0.1, -0.05) is 24.3 Å². The molecule has 1 saturated heterocycles. The smallest absolute Gasteiger partial charge is 0.344 e. The zero-order valence-electron chi connectivity index (χ0n) is 12.0. The summed E-state index contributed by atoms with van der Waals surface area (Å²) >= 11 is 0. The van der Waals surface area contributed by atoms with Gasteiger partial charge in [-0.15, -0.1) is 0 Å². The average Bonchev–Trinajstić information content (AvgIpc) is 3.33. The van der Waals surface area contributed by atoms with E-state index in [1.807, 2.05) is 36.4 Å². The molecule has 0 aliphatic carbocycles. The maximum atomic E-state index is 11.8. The van der Waals surface area contributed by atoms with Crippen LogP contribution >= 0.6 is 0 Å². The fourth-order valence-corrected chi connectivity index (χ4v) is 2.17. The number of carbonyl (C=O) groups excluding carboxylic acids is 2. The lowest BCUT2D eigenvalue weighted by molar-refractivity contribution is -0.159. The van der Waals surface area contributed by atoms with E-state index in [1.54, 1.807) is 6.92 Å². The van der Waals surface area contributed by atoms with Gasteiger partial charge in [0.05, 0.1) is 17.8 Å². The molecule has 3 rings (SSSR count). The average molecular weight is 301 g/mol. The van der Waals surface area contributed by atoms with Gasteiger partial charge < -0.3 is 14.2 Å². The van der Waals surface area contributed by atoms with Crippen molar-refractivity contribution in [2.24, 2.45) is 0 Å². The molecule has 2 heterocycles. The first-order chi connectivity index (χ1) is 10.7. The van der Waals surface area contributed by atoms with E-state index >= 15 is 0 Å². The van der Waals surface area contributed by atoms with Gasteiger partial charge in [-0.2, -0.15) is 0 Å². The van der Waals surface area contributed by atoms with Gasteiger partial charge in [-0.05, 0) is 19.1 Å². The van der Waals surface area contributed by atoms with Crippen LogP contribution in [0.4, 0.5) is 0 Å². The van der Waals surface area contributed by atoms with E-state index < -0.39 is 30.8 Å². The number of aromatic nitrogens is 1. The summed E-state index contributed by atoms with van der Waals surface area (Å²) in [4.78, 5) is 27.4. The Balaban J connectivity index is 1.60. The molecule has 6 heteroatoms. The van der Waals surface area contributed by atoms with Crippen LogP contribution in [0.3, 0.4) is 0 Å². The second kappa shape index (κ2) is 6.11. The van der Waals surface area contributed by atoms with Gasteiger partial charge in [0.1, 0.15) is 6.10 Å². The molecule has 1 aliphatic heterocycles. The van der Waals surface area contributed by atoms with Gasteiger partial charge in [0, 0.05) is 5.39 Å². The molecule has 6 nitrogen and oxygen atoms in total. The Bertz CT molecular complexity index is 715. The number of esters is 2. The highest BCUT2D eigenvalue weighted by molar-refractivity contribution is 5.82. The van der Waals surface area contributed by atoms with Gasteiger partial charge in [0.2, 0.25) is 0 Å². The first-order valence-electron chi connectivity index (χ1n) is 7.02. The van der Waals surface area contributed by atoms with E-state index in [0.717, 1.165) is 10.9 Å². The van der Waals surface area contributed by atoms with Crippen LogP contribution in [-0.4, -0.2) is 36.2 Å². The number of nitrogens with zero attached hydrogens (tertiary/aromatic N) is 1. The predicted molar refractivity (Wildman–Crippen MR) is 76.9 cm³/mol. The maximum Gasteiger partial charge on any atom is 0.344 e. The van der Waals surface area contributed by atoms with E-state index in [1.165, 1.54) is 0 Å². The summed E-state index contributed by atoms with van der Waals surface area (Å²) in [6, 6.07) is 11.5. The molecule has 1 aromatic carbocycles. The highest BCUT2D eigenvalue weighted by Crippen LogP contribution is 2.38. The van der Waals surface area contributed by atoms with Crippen molar-refractivity contribution in [3.05, 3.63) is 42.1 Å².